The first-order valence-corrected chi connectivity index (χ1v) is 13.0. The van der Waals surface area contributed by atoms with E-state index in [1.54, 1.807) is 42.7 Å². The first kappa shape index (κ1) is 26.1. The van der Waals surface area contributed by atoms with Crippen molar-refractivity contribution in [1.82, 2.24) is 15.2 Å². The van der Waals surface area contributed by atoms with Crippen LogP contribution in [0.5, 0.6) is 0 Å². The number of rotatable bonds is 6. The predicted octanol–water partition coefficient (Wildman–Crippen LogP) is 3.51. The van der Waals surface area contributed by atoms with Gasteiger partial charge >= 0.3 is 0 Å². The Balaban J connectivity index is 1.53. The van der Waals surface area contributed by atoms with E-state index in [2.05, 4.69) is 21.7 Å². The lowest BCUT2D eigenvalue weighted by Crippen LogP contribution is -2.45. The number of benzene rings is 1. The lowest BCUT2D eigenvalue weighted by molar-refractivity contribution is -0.138. The summed E-state index contributed by atoms with van der Waals surface area (Å²) in [5.74, 6) is -2.34. The average Bonchev–Trinajstić information content (AvgIpc) is 3.43. The van der Waals surface area contributed by atoms with Crippen LogP contribution in [0.25, 0.3) is 0 Å². The number of hydrogen-bond acceptors (Lipinski definition) is 5. The Hall–Kier alpha value is -3.51. The number of amides is 3. The molecule has 1 aliphatic carbocycles. The lowest BCUT2D eigenvalue weighted by atomic mass is 9.79. The van der Waals surface area contributed by atoms with Crippen LogP contribution in [0.2, 0.25) is 5.02 Å². The van der Waals surface area contributed by atoms with Crippen molar-refractivity contribution in [3.05, 3.63) is 58.9 Å². The van der Waals surface area contributed by atoms with Crippen LogP contribution in [0.4, 0.5) is 10.1 Å². The summed E-state index contributed by atoms with van der Waals surface area (Å²) in [6, 6.07) is 9.85. The van der Waals surface area contributed by atoms with E-state index >= 15 is 4.39 Å². The zero-order valence-electron chi connectivity index (χ0n) is 21.4. The highest BCUT2D eigenvalue weighted by atomic mass is 35.5. The van der Waals surface area contributed by atoms with Gasteiger partial charge in [0.25, 0.3) is 0 Å². The summed E-state index contributed by atoms with van der Waals surface area (Å²) in [5.41, 5.74) is -1.88. The molecule has 0 radical (unpaired) electrons. The molecule has 0 bridgehead atoms. The Kier molecular flexibility index (Phi) is 6.22. The van der Waals surface area contributed by atoms with E-state index in [0.29, 0.717) is 28.3 Å². The Labute approximate surface area is 225 Å². The predicted molar refractivity (Wildman–Crippen MR) is 139 cm³/mol. The maximum atomic E-state index is 15.2. The highest BCUT2D eigenvalue weighted by Crippen LogP contribution is 2.60. The topological polar surface area (TPSA) is 115 Å². The molecule has 2 N–H and O–H groups in total. The summed E-state index contributed by atoms with van der Waals surface area (Å²) in [5, 5.41) is 16.1. The Morgan fingerprint density at radius 1 is 1.32 bits per heavy atom. The minimum Gasteiger partial charge on any atom is -0.358 e. The number of carbonyl (C=O) groups is 3. The molecule has 3 amide bonds. The monoisotopic (exact) mass is 537 g/mol. The molecule has 1 aromatic carbocycles. The summed E-state index contributed by atoms with van der Waals surface area (Å²) in [4.78, 5) is 46.1. The number of hydrogen-bond donors (Lipinski definition) is 2. The van der Waals surface area contributed by atoms with Gasteiger partial charge in [-0.05, 0) is 74.1 Å². The normalized spacial score (nSPS) is 28.4. The third-order valence-electron chi connectivity index (χ3n) is 8.32. The molecule has 8 nitrogen and oxygen atoms in total. The molecule has 1 saturated heterocycles. The fourth-order valence-corrected chi connectivity index (χ4v) is 6.68. The second-order valence-electron chi connectivity index (χ2n) is 11.2. The fraction of sp³-hybridized carbons (Fsp3) is 0.464. The van der Waals surface area contributed by atoms with E-state index in [-0.39, 0.29) is 31.2 Å². The number of anilines is 1. The summed E-state index contributed by atoms with van der Waals surface area (Å²) in [6.07, 6.45) is 3.51. The molecule has 198 valence electrons. The first-order valence-electron chi connectivity index (χ1n) is 12.6. The van der Waals surface area contributed by atoms with Crippen molar-refractivity contribution in [2.24, 2.45) is 11.8 Å². The molecule has 5 rings (SSSR count). The molecule has 3 heterocycles. The van der Waals surface area contributed by atoms with Gasteiger partial charge in [0.2, 0.25) is 17.7 Å². The summed E-state index contributed by atoms with van der Waals surface area (Å²) >= 11 is 6.24. The van der Waals surface area contributed by atoms with E-state index in [0.717, 1.165) is 0 Å². The number of fused-ring (bicyclic) bond motifs is 2. The maximum Gasteiger partial charge on any atom is 0.237 e. The van der Waals surface area contributed by atoms with Gasteiger partial charge in [-0.2, -0.15) is 5.26 Å². The van der Waals surface area contributed by atoms with Crippen LogP contribution in [0.3, 0.4) is 0 Å². The molecule has 2 aromatic rings. The van der Waals surface area contributed by atoms with Crippen LogP contribution in [0, 0.1) is 23.2 Å². The SMILES string of the molecule is CNC(=O)C1(c2ccncc2)CC1[C@H](CC(C)(C)F)C(=O)N1C[C@]2(C[C@H]1C#N)C(=O)Nc1ccc(Cl)cc12. The van der Waals surface area contributed by atoms with Gasteiger partial charge in [-0.15, -0.1) is 0 Å². The summed E-state index contributed by atoms with van der Waals surface area (Å²) in [6.45, 7) is 2.78. The fourth-order valence-electron chi connectivity index (χ4n) is 6.51. The summed E-state index contributed by atoms with van der Waals surface area (Å²) < 4.78 is 15.2. The van der Waals surface area contributed by atoms with Crippen LogP contribution in [0.15, 0.2) is 42.7 Å². The lowest BCUT2D eigenvalue weighted by Gasteiger charge is -2.31. The van der Waals surface area contributed by atoms with E-state index in [9.17, 15) is 19.6 Å². The molecule has 5 atom stereocenters. The van der Waals surface area contributed by atoms with Crippen molar-refractivity contribution in [3.63, 3.8) is 0 Å². The van der Waals surface area contributed by atoms with Gasteiger partial charge in [0.05, 0.1) is 16.9 Å². The Bertz CT molecular complexity index is 1360. The quantitative estimate of drug-likeness (QED) is 0.585. The van der Waals surface area contributed by atoms with Crippen LogP contribution in [0.1, 0.15) is 44.2 Å². The third kappa shape index (κ3) is 4.02. The molecule has 10 heteroatoms. The number of nitriles is 1. The number of pyridine rings is 1. The second-order valence-corrected chi connectivity index (χ2v) is 11.6. The van der Waals surface area contributed by atoms with Crippen LogP contribution in [-0.2, 0) is 25.2 Å². The average molecular weight is 538 g/mol. The number of nitrogens with one attached hydrogen (secondary N) is 2. The third-order valence-corrected chi connectivity index (χ3v) is 8.56. The van der Waals surface area contributed by atoms with Gasteiger partial charge in [0, 0.05) is 49.0 Å². The van der Waals surface area contributed by atoms with Crippen LogP contribution in [-0.4, -0.2) is 52.9 Å². The van der Waals surface area contributed by atoms with E-state index in [1.165, 1.54) is 25.8 Å². The van der Waals surface area contributed by atoms with Crippen molar-refractivity contribution in [3.8, 4) is 6.07 Å². The minimum absolute atomic E-state index is 0.0264. The van der Waals surface area contributed by atoms with Crippen molar-refractivity contribution in [2.45, 2.75) is 55.7 Å². The standard InChI is InChI=1S/C28H29ClFN5O3/c1-26(2,30)12-19(21-13-28(21,25(38)32-3)16-6-8-33-9-7-16)23(36)35-15-27(11-18(35)14-31)20-10-17(29)4-5-22(20)34-24(27)37/h4-10,18-19,21H,11-13,15H2,1-3H3,(H,32,38)(H,34,37)/t18-,19-,21?,27-,28?/m0/s1. The number of carbonyl (C=O) groups excluding carboxylic acids is 3. The molecule has 2 unspecified atom stereocenters. The Morgan fingerprint density at radius 3 is 2.66 bits per heavy atom. The van der Waals surface area contributed by atoms with E-state index in [1.807, 2.05) is 0 Å². The molecule has 3 aliphatic rings. The van der Waals surface area contributed by atoms with Crippen molar-refractivity contribution < 1.29 is 18.8 Å². The number of likely N-dealkylation sites (tertiary alicyclic amines) is 1. The highest BCUT2D eigenvalue weighted by Gasteiger charge is 2.66. The van der Waals surface area contributed by atoms with Gasteiger partial charge in [0.15, 0.2) is 0 Å². The van der Waals surface area contributed by atoms with Gasteiger partial charge in [0.1, 0.15) is 11.7 Å². The Morgan fingerprint density at radius 2 is 2.03 bits per heavy atom. The van der Waals surface area contributed by atoms with Gasteiger partial charge in [-0.1, -0.05) is 11.6 Å². The number of aromatic nitrogens is 1. The second kappa shape index (κ2) is 9.05. The molecule has 2 fully saturated rings. The van der Waals surface area contributed by atoms with E-state index < -0.39 is 40.3 Å². The van der Waals surface area contributed by atoms with Gasteiger partial charge in [-0.25, -0.2) is 4.39 Å². The smallest absolute Gasteiger partial charge is 0.237 e. The van der Waals surface area contributed by atoms with Crippen molar-refractivity contribution in [2.75, 3.05) is 18.9 Å². The number of halogens is 2. The van der Waals surface area contributed by atoms with Crippen LogP contribution >= 0.6 is 11.6 Å². The molecule has 38 heavy (non-hydrogen) atoms. The zero-order chi connectivity index (χ0) is 27.5. The van der Waals surface area contributed by atoms with Crippen molar-refractivity contribution >= 4 is 35.0 Å². The number of nitrogens with zero attached hydrogens (tertiary/aromatic N) is 3. The maximum absolute atomic E-state index is 15.2. The first-order chi connectivity index (χ1) is 18.0. The summed E-state index contributed by atoms with van der Waals surface area (Å²) in [7, 11) is 1.54. The molecule has 1 spiro atoms. The van der Waals surface area contributed by atoms with Crippen LogP contribution < -0.4 is 10.6 Å². The molecule has 1 saturated carbocycles. The number of alkyl halides is 1. The van der Waals surface area contributed by atoms with Gasteiger partial charge in [-0.3, -0.25) is 19.4 Å². The number of likely N-dealkylation sites (N-methyl/N-ethyl adjacent to an activating group) is 1. The zero-order valence-corrected chi connectivity index (χ0v) is 22.2. The minimum atomic E-state index is -1.71. The van der Waals surface area contributed by atoms with E-state index in [4.69, 9.17) is 11.6 Å². The molecular formula is C28H29ClFN5O3. The largest absolute Gasteiger partial charge is 0.358 e. The van der Waals surface area contributed by atoms with Crippen molar-refractivity contribution in [1.29, 1.82) is 5.26 Å². The molecule has 2 aliphatic heterocycles. The highest BCUT2D eigenvalue weighted by molar-refractivity contribution is 6.31. The molecular weight excluding hydrogens is 509 g/mol. The molecule has 1 aromatic heterocycles. The van der Waals surface area contributed by atoms with Gasteiger partial charge < -0.3 is 15.5 Å².